The molecular formula is C9H8ClN. The molecule has 56 valence electrons. The van der Waals surface area contributed by atoms with Crippen molar-refractivity contribution in [3.63, 3.8) is 0 Å². The Morgan fingerprint density at radius 3 is 3.09 bits per heavy atom. The smallest absolute Gasteiger partial charge is 0.0643 e. The molecule has 0 aromatic heterocycles. The van der Waals surface area contributed by atoms with E-state index in [1.165, 1.54) is 5.56 Å². The van der Waals surface area contributed by atoms with Gasteiger partial charge in [-0.3, -0.25) is 0 Å². The Kier molecular flexibility index (Phi) is 1.59. The Bertz CT molecular complexity index is 304. The van der Waals surface area contributed by atoms with Gasteiger partial charge in [0, 0.05) is 6.54 Å². The van der Waals surface area contributed by atoms with Gasteiger partial charge in [-0.1, -0.05) is 35.9 Å². The molecular weight excluding hydrogens is 158 g/mol. The van der Waals surface area contributed by atoms with Gasteiger partial charge in [-0.25, -0.2) is 0 Å². The Morgan fingerprint density at radius 1 is 1.36 bits per heavy atom. The lowest BCUT2D eigenvalue weighted by Gasteiger charge is -2.13. The van der Waals surface area contributed by atoms with Gasteiger partial charge in [0.1, 0.15) is 0 Å². The van der Waals surface area contributed by atoms with Crippen LogP contribution in [0.4, 0.5) is 5.69 Å². The zero-order valence-electron chi connectivity index (χ0n) is 5.97. The highest BCUT2D eigenvalue weighted by Gasteiger charge is 2.05. The standard InChI is InChI=1S/C9H8ClN/c10-8-5-1-3-7-4-2-6-11-9(7)8/h1-5,11H,6H2. The van der Waals surface area contributed by atoms with Crippen LogP contribution in [0.1, 0.15) is 5.56 Å². The second-order valence-corrected chi connectivity index (χ2v) is 2.89. The second kappa shape index (κ2) is 2.59. The summed E-state index contributed by atoms with van der Waals surface area (Å²) in [6.45, 7) is 0.872. The van der Waals surface area contributed by atoms with E-state index < -0.39 is 0 Å². The summed E-state index contributed by atoms with van der Waals surface area (Å²) in [4.78, 5) is 0. The van der Waals surface area contributed by atoms with Gasteiger partial charge in [-0.15, -0.1) is 0 Å². The number of hydrogen-bond acceptors (Lipinski definition) is 1. The number of anilines is 1. The molecule has 0 radical (unpaired) electrons. The first kappa shape index (κ1) is 6.74. The highest BCUT2D eigenvalue weighted by molar-refractivity contribution is 6.33. The van der Waals surface area contributed by atoms with Gasteiger partial charge < -0.3 is 5.32 Å². The fourth-order valence-electron chi connectivity index (χ4n) is 1.21. The molecule has 2 rings (SSSR count). The van der Waals surface area contributed by atoms with Crippen LogP contribution < -0.4 is 5.32 Å². The Hall–Kier alpha value is -0.950. The third-order valence-corrected chi connectivity index (χ3v) is 2.05. The minimum absolute atomic E-state index is 0.798. The molecule has 1 aliphatic rings. The van der Waals surface area contributed by atoms with Gasteiger partial charge in [0.25, 0.3) is 0 Å². The predicted octanol–water partition coefficient (Wildman–Crippen LogP) is 2.78. The molecule has 0 saturated heterocycles. The molecule has 1 aromatic carbocycles. The molecule has 0 unspecified atom stereocenters. The second-order valence-electron chi connectivity index (χ2n) is 2.49. The van der Waals surface area contributed by atoms with E-state index >= 15 is 0 Å². The number of rotatable bonds is 0. The molecule has 1 aromatic rings. The SMILES string of the molecule is Clc1cccc2c1NCC=C2. The maximum absolute atomic E-state index is 5.95. The fraction of sp³-hybridized carbons (Fsp3) is 0.111. The molecule has 0 fully saturated rings. The van der Waals surface area contributed by atoms with Crippen molar-refractivity contribution in [1.82, 2.24) is 0 Å². The topological polar surface area (TPSA) is 12.0 Å². The normalized spacial score (nSPS) is 13.9. The molecule has 2 heteroatoms. The number of benzene rings is 1. The minimum Gasteiger partial charge on any atom is -0.380 e. The van der Waals surface area contributed by atoms with E-state index in [-0.39, 0.29) is 0 Å². The molecule has 1 nitrogen and oxygen atoms in total. The lowest BCUT2D eigenvalue weighted by Crippen LogP contribution is -2.04. The average Bonchev–Trinajstić information content (AvgIpc) is 2.06. The van der Waals surface area contributed by atoms with Crippen molar-refractivity contribution in [1.29, 1.82) is 0 Å². The van der Waals surface area contributed by atoms with Crippen molar-refractivity contribution in [2.45, 2.75) is 0 Å². The van der Waals surface area contributed by atoms with E-state index in [0.717, 1.165) is 17.3 Å². The highest BCUT2D eigenvalue weighted by atomic mass is 35.5. The van der Waals surface area contributed by atoms with Crippen LogP contribution in [0, 0.1) is 0 Å². The molecule has 0 atom stereocenters. The number of fused-ring (bicyclic) bond motifs is 1. The fourth-order valence-corrected chi connectivity index (χ4v) is 1.46. The van der Waals surface area contributed by atoms with Gasteiger partial charge in [-0.2, -0.15) is 0 Å². The highest BCUT2D eigenvalue weighted by Crippen LogP contribution is 2.28. The van der Waals surface area contributed by atoms with Crippen LogP contribution in [0.2, 0.25) is 5.02 Å². The van der Waals surface area contributed by atoms with Crippen LogP contribution in [0.3, 0.4) is 0 Å². The van der Waals surface area contributed by atoms with E-state index in [0.29, 0.717) is 0 Å². The van der Waals surface area contributed by atoms with Gasteiger partial charge in [0.2, 0.25) is 0 Å². The molecule has 1 heterocycles. The predicted molar refractivity (Wildman–Crippen MR) is 49.0 cm³/mol. The molecule has 0 aliphatic carbocycles. The lowest BCUT2D eigenvalue weighted by molar-refractivity contribution is 1.31. The van der Waals surface area contributed by atoms with E-state index in [9.17, 15) is 0 Å². The Labute approximate surface area is 70.7 Å². The molecule has 0 spiro atoms. The van der Waals surface area contributed by atoms with Gasteiger partial charge in [0.15, 0.2) is 0 Å². The maximum atomic E-state index is 5.95. The van der Waals surface area contributed by atoms with E-state index in [1.54, 1.807) is 0 Å². The lowest BCUT2D eigenvalue weighted by atomic mass is 10.1. The van der Waals surface area contributed by atoms with Crippen LogP contribution in [0.5, 0.6) is 0 Å². The minimum atomic E-state index is 0.798. The van der Waals surface area contributed by atoms with Crippen molar-refractivity contribution < 1.29 is 0 Å². The number of hydrogen-bond donors (Lipinski definition) is 1. The third kappa shape index (κ3) is 1.12. The van der Waals surface area contributed by atoms with Crippen LogP contribution in [-0.4, -0.2) is 6.54 Å². The first-order valence-electron chi connectivity index (χ1n) is 3.57. The first-order chi connectivity index (χ1) is 5.38. The molecule has 0 saturated carbocycles. The van der Waals surface area contributed by atoms with Crippen molar-refractivity contribution >= 4 is 23.4 Å². The summed E-state index contributed by atoms with van der Waals surface area (Å²) in [6.07, 6.45) is 4.16. The summed E-state index contributed by atoms with van der Waals surface area (Å²) in [5, 5.41) is 4.01. The monoisotopic (exact) mass is 165 g/mol. The summed E-state index contributed by atoms with van der Waals surface area (Å²) in [5.74, 6) is 0. The number of para-hydroxylation sites is 1. The van der Waals surface area contributed by atoms with Crippen LogP contribution >= 0.6 is 11.6 Å². The zero-order valence-corrected chi connectivity index (χ0v) is 6.73. The van der Waals surface area contributed by atoms with E-state index in [1.807, 2.05) is 18.2 Å². The van der Waals surface area contributed by atoms with Gasteiger partial charge >= 0.3 is 0 Å². The van der Waals surface area contributed by atoms with E-state index in [2.05, 4.69) is 17.5 Å². The number of halogens is 1. The molecule has 0 bridgehead atoms. The average molecular weight is 166 g/mol. The quantitative estimate of drug-likeness (QED) is 0.624. The molecule has 1 aliphatic heterocycles. The molecule has 0 amide bonds. The van der Waals surface area contributed by atoms with Crippen molar-refractivity contribution in [2.75, 3.05) is 11.9 Å². The third-order valence-electron chi connectivity index (χ3n) is 1.74. The molecule has 1 N–H and O–H groups in total. The van der Waals surface area contributed by atoms with Crippen molar-refractivity contribution in [3.05, 3.63) is 34.9 Å². The van der Waals surface area contributed by atoms with Gasteiger partial charge in [0.05, 0.1) is 10.7 Å². The summed E-state index contributed by atoms with van der Waals surface area (Å²) in [7, 11) is 0. The number of nitrogens with one attached hydrogen (secondary N) is 1. The Morgan fingerprint density at radius 2 is 2.27 bits per heavy atom. The van der Waals surface area contributed by atoms with Crippen LogP contribution in [-0.2, 0) is 0 Å². The van der Waals surface area contributed by atoms with Crippen molar-refractivity contribution in [3.8, 4) is 0 Å². The largest absolute Gasteiger partial charge is 0.380 e. The first-order valence-corrected chi connectivity index (χ1v) is 3.94. The molecule has 11 heavy (non-hydrogen) atoms. The van der Waals surface area contributed by atoms with E-state index in [4.69, 9.17) is 11.6 Å². The Balaban J connectivity index is 2.60. The zero-order chi connectivity index (χ0) is 7.68. The summed E-state index contributed by atoms with van der Waals surface area (Å²) >= 11 is 5.95. The van der Waals surface area contributed by atoms with Crippen LogP contribution in [0.15, 0.2) is 24.3 Å². The van der Waals surface area contributed by atoms with Crippen LogP contribution in [0.25, 0.3) is 6.08 Å². The summed E-state index contributed by atoms with van der Waals surface area (Å²) in [6, 6.07) is 5.90. The summed E-state index contributed by atoms with van der Waals surface area (Å²) < 4.78 is 0. The summed E-state index contributed by atoms with van der Waals surface area (Å²) in [5.41, 5.74) is 2.22. The van der Waals surface area contributed by atoms with Crippen molar-refractivity contribution in [2.24, 2.45) is 0 Å². The maximum Gasteiger partial charge on any atom is 0.0643 e. The van der Waals surface area contributed by atoms with Gasteiger partial charge in [-0.05, 0) is 11.6 Å².